The zero-order valence-corrected chi connectivity index (χ0v) is 14.0. The molecule has 0 aliphatic carbocycles. The van der Waals surface area contributed by atoms with E-state index in [0.717, 1.165) is 10.8 Å². The topological polar surface area (TPSA) is 88.0 Å². The van der Waals surface area contributed by atoms with Gasteiger partial charge in [0.05, 0.1) is 24.5 Å². The zero-order valence-electron chi connectivity index (χ0n) is 14.0. The summed E-state index contributed by atoms with van der Waals surface area (Å²) in [6.07, 6.45) is 1.35. The number of carbonyl (C=O) groups excluding carboxylic acids is 2. The molecular formula is C20H16N2O4. The average Bonchev–Trinajstić information content (AvgIpc) is 2.67. The Morgan fingerprint density at radius 3 is 2.38 bits per heavy atom. The lowest BCUT2D eigenvalue weighted by Gasteiger charge is -2.06. The first kappa shape index (κ1) is 17.2. The van der Waals surface area contributed by atoms with Crippen LogP contribution in [-0.4, -0.2) is 30.3 Å². The molecular weight excluding hydrogens is 332 g/mol. The minimum Gasteiger partial charge on any atom is -0.507 e. The molecule has 0 saturated heterocycles. The zero-order chi connectivity index (χ0) is 18.5. The number of methoxy groups -OCH3 is 1. The number of rotatable bonds is 4. The number of nitrogens with one attached hydrogen (secondary N) is 1. The van der Waals surface area contributed by atoms with Gasteiger partial charge in [0.15, 0.2) is 0 Å². The molecule has 2 N–H and O–H groups in total. The molecule has 0 saturated carbocycles. The van der Waals surface area contributed by atoms with Crippen molar-refractivity contribution >= 4 is 28.9 Å². The van der Waals surface area contributed by atoms with Crippen LogP contribution in [0.15, 0.2) is 65.8 Å². The molecule has 1 amide bonds. The number of phenols is 1. The van der Waals surface area contributed by atoms with Crippen LogP contribution in [0.2, 0.25) is 0 Å². The van der Waals surface area contributed by atoms with Crippen molar-refractivity contribution in [3.05, 3.63) is 77.4 Å². The molecule has 0 radical (unpaired) electrons. The number of phenolic OH excluding ortho intramolecular Hbond substituents is 1. The van der Waals surface area contributed by atoms with Crippen LogP contribution in [0.1, 0.15) is 26.3 Å². The maximum atomic E-state index is 12.3. The van der Waals surface area contributed by atoms with Crippen LogP contribution in [0.25, 0.3) is 10.8 Å². The Balaban J connectivity index is 1.80. The number of hydrogen-bond donors (Lipinski definition) is 2. The molecule has 3 rings (SSSR count). The van der Waals surface area contributed by atoms with E-state index in [2.05, 4.69) is 10.5 Å². The van der Waals surface area contributed by atoms with E-state index >= 15 is 0 Å². The molecule has 0 spiro atoms. The first-order valence-electron chi connectivity index (χ1n) is 7.82. The fourth-order valence-electron chi connectivity index (χ4n) is 2.54. The largest absolute Gasteiger partial charge is 0.507 e. The minimum absolute atomic E-state index is 0.113. The summed E-state index contributed by atoms with van der Waals surface area (Å²) in [5.74, 6) is -1.18. The molecule has 6 nitrogen and oxygen atoms in total. The van der Waals surface area contributed by atoms with Gasteiger partial charge >= 0.3 is 5.97 Å². The van der Waals surface area contributed by atoms with E-state index in [-0.39, 0.29) is 11.3 Å². The molecule has 3 aromatic rings. The molecule has 0 aromatic heterocycles. The van der Waals surface area contributed by atoms with Crippen molar-refractivity contribution in [1.82, 2.24) is 5.43 Å². The van der Waals surface area contributed by atoms with E-state index in [4.69, 9.17) is 4.74 Å². The van der Waals surface area contributed by atoms with Crippen LogP contribution in [-0.2, 0) is 4.74 Å². The van der Waals surface area contributed by atoms with E-state index in [1.165, 1.54) is 19.4 Å². The molecule has 0 atom stereocenters. The molecule has 0 aliphatic heterocycles. The van der Waals surface area contributed by atoms with Gasteiger partial charge in [0.2, 0.25) is 0 Å². The number of benzene rings is 3. The lowest BCUT2D eigenvalue weighted by Crippen LogP contribution is -2.18. The Kier molecular flexibility index (Phi) is 4.94. The molecule has 26 heavy (non-hydrogen) atoms. The molecule has 0 aliphatic rings. The Labute approximate surface area is 149 Å². The SMILES string of the molecule is COC(=O)c1ccccc1/C=N\NC(=O)c1cc2ccccc2cc1O. The molecule has 0 fully saturated rings. The van der Waals surface area contributed by atoms with Crippen LogP contribution in [0.3, 0.4) is 0 Å². The van der Waals surface area contributed by atoms with Gasteiger partial charge in [0.1, 0.15) is 5.75 Å². The number of aromatic hydroxyl groups is 1. The summed E-state index contributed by atoms with van der Waals surface area (Å²) in [5.41, 5.74) is 3.31. The van der Waals surface area contributed by atoms with Gasteiger partial charge in [-0.2, -0.15) is 5.10 Å². The monoisotopic (exact) mass is 348 g/mol. The fourth-order valence-corrected chi connectivity index (χ4v) is 2.54. The highest BCUT2D eigenvalue weighted by Gasteiger charge is 2.12. The minimum atomic E-state index is -0.556. The lowest BCUT2D eigenvalue weighted by atomic mass is 10.1. The maximum absolute atomic E-state index is 12.3. The van der Waals surface area contributed by atoms with Gasteiger partial charge in [-0.05, 0) is 29.0 Å². The van der Waals surface area contributed by atoms with Crippen molar-refractivity contribution in [2.24, 2.45) is 5.10 Å². The summed E-state index contributed by atoms with van der Waals surface area (Å²) in [5, 5.41) is 15.6. The molecule has 6 heteroatoms. The van der Waals surface area contributed by atoms with Gasteiger partial charge in [0, 0.05) is 5.56 Å². The number of ether oxygens (including phenoxy) is 1. The van der Waals surface area contributed by atoms with E-state index in [1.54, 1.807) is 30.3 Å². The van der Waals surface area contributed by atoms with Crippen LogP contribution in [0.5, 0.6) is 5.75 Å². The highest BCUT2D eigenvalue weighted by Crippen LogP contribution is 2.24. The Hall–Kier alpha value is -3.67. The standard InChI is InChI=1S/C20H16N2O4/c1-26-20(25)16-9-5-4-8-15(16)12-21-22-19(24)17-10-13-6-2-3-7-14(13)11-18(17)23/h2-12,23H,1H3,(H,22,24)/b21-12-. The third kappa shape index (κ3) is 3.54. The Morgan fingerprint density at radius 1 is 1.00 bits per heavy atom. The number of hydrogen-bond acceptors (Lipinski definition) is 5. The van der Waals surface area contributed by atoms with E-state index in [9.17, 15) is 14.7 Å². The highest BCUT2D eigenvalue weighted by molar-refractivity contribution is 6.02. The van der Waals surface area contributed by atoms with Gasteiger partial charge in [-0.15, -0.1) is 0 Å². The second-order valence-electron chi connectivity index (χ2n) is 5.49. The van der Waals surface area contributed by atoms with Gasteiger partial charge in [-0.3, -0.25) is 4.79 Å². The Morgan fingerprint density at radius 2 is 1.65 bits per heavy atom. The number of carbonyl (C=O) groups is 2. The number of fused-ring (bicyclic) bond motifs is 1. The van der Waals surface area contributed by atoms with Gasteiger partial charge in [0.25, 0.3) is 5.91 Å². The summed E-state index contributed by atoms with van der Waals surface area (Å²) in [4.78, 5) is 24.0. The Bertz CT molecular complexity index is 1010. The van der Waals surface area contributed by atoms with Gasteiger partial charge < -0.3 is 9.84 Å². The number of hydrazone groups is 1. The van der Waals surface area contributed by atoms with Crippen LogP contribution >= 0.6 is 0 Å². The normalized spacial score (nSPS) is 10.8. The van der Waals surface area contributed by atoms with Crippen LogP contribution in [0, 0.1) is 0 Å². The summed E-state index contributed by atoms with van der Waals surface area (Å²) in [6.45, 7) is 0. The molecule has 130 valence electrons. The van der Waals surface area contributed by atoms with Crippen molar-refractivity contribution < 1.29 is 19.4 Å². The van der Waals surface area contributed by atoms with Crippen LogP contribution < -0.4 is 5.43 Å². The fraction of sp³-hybridized carbons (Fsp3) is 0.0500. The smallest absolute Gasteiger partial charge is 0.338 e. The van der Waals surface area contributed by atoms with Crippen molar-refractivity contribution in [3.63, 3.8) is 0 Å². The van der Waals surface area contributed by atoms with E-state index in [1.807, 2.05) is 24.3 Å². The van der Waals surface area contributed by atoms with Gasteiger partial charge in [-0.25, -0.2) is 10.2 Å². The first-order chi connectivity index (χ1) is 12.6. The first-order valence-corrected chi connectivity index (χ1v) is 7.82. The molecule has 0 bridgehead atoms. The average molecular weight is 348 g/mol. The third-order valence-corrected chi connectivity index (χ3v) is 3.84. The van der Waals surface area contributed by atoms with Crippen molar-refractivity contribution in [3.8, 4) is 5.75 Å². The molecule has 3 aromatic carbocycles. The van der Waals surface area contributed by atoms with Crippen LogP contribution in [0.4, 0.5) is 0 Å². The number of amides is 1. The predicted octanol–water partition coefficient (Wildman–Crippen LogP) is 3.10. The summed E-state index contributed by atoms with van der Waals surface area (Å²) >= 11 is 0. The van der Waals surface area contributed by atoms with Crippen molar-refractivity contribution in [1.29, 1.82) is 0 Å². The summed E-state index contributed by atoms with van der Waals surface area (Å²) < 4.78 is 4.71. The van der Waals surface area contributed by atoms with Gasteiger partial charge in [-0.1, -0.05) is 42.5 Å². The van der Waals surface area contributed by atoms with E-state index in [0.29, 0.717) is 11.1 Å². The van der Waals surface area contributed by atoms with Crippen molar-refractivity contribution in [2.45, 2.75) is 0 Å². The number of esters is 1. The molecule has 0 unspecified atom stereocenters. The van der Waals surface area contributed by atoms with E-state index < -0.39 is 11.9 Å². The predicted molar refractivity (Wildman–Crippen MR) is 98.5 cm³/mol. The summed E-state index contributed by atoms with van der Waals surface area (Å²) in [6, 6.07) is 17.2. The maximum Gasteiger partial charge on any atom is 0.338 e. The van der Waals surface area contributed by atoms with Crippen molar-refractivity contribution in [2.75, 3.05) is 7.11 Å². The molecule has 0 heterocycles. The lowest BCUT2D eigenvalue weighted by molar-refractivity contribution is 0.0600. The summed E-state index contributed by atoms with van der Waals surface area (Å²) in [7, 11) is 1.29. The number of nitrogens with zero attached hydrogens (tertiary/aromatic N) is 1. The quantitative estimate of drug-likeness (QED) is 0.431. The second-order valence-corrected chi connectivity index (χ2v) is 5.49. The highest BCUT2D eigenvalue weighted by atomic mass is 16.5. The second kappa shape index (κ2) is 7.48. The third-order valence-electron chi connectivity index (χ3n) is 3.84.